The van der Waals surface area contributed by atoms with Crippen LogP contribution in [-0.2, 0) is 0 Å². The van der Waals surface area contributed by atoms with Crippen LogP contribution in [0.2, 0.25) is 0 Å². The van der Waals surface area contributed by atoms with Crippen molar-refractivity contribution in [2.45, 2.75) is 0 Å². The van der Waals surface area contributed by atoms with Crippen LogP contribution in [0.4, 0.5) is 0 Å². The lowest BCUT2D eigenvalue weighted by molar-refractivity contribution is 0.954. The number of para-hydroxylation sites is 2. The van der Waals surface area contributed by atoms with Gasteiger partial charge in [0.15, 0.2) is 11.6 Å². The molecule has 11 aromatic rings. The van der Waals surface area contributed by atoms with Crippen LogP contribution in [0.3, 0.4) is 0 Å². The van der Waals surface area contributed by atoms with E-state index in [0.29, 0.717) is 17.6 Å². The Morgan fingerprint density at radius 3 is 1.54 bits per heavy atom. The molecule has 0 amide bonds. The summed E-state index contributed by atoms with van der Waals surface area (Å²) in [4.78, 5) is 15.6. The van der Waals surface area contributed by atoms with Crippen molar-refractivity contribution in [2.75, 3.05) is 0 Å². The minimum absolute atomic E-state index is 0.581. The summed E-state index contributed by atoms with van der Waals surface area (Å²) in [5.41, 5.74) is 9.82. The van der Waals surface area contributed by atoms with Crippen LogP contribution in [0.5, 0.6) is 0 Å². The highest BCUT2D eigenvalue weighted by atomic mass is 15.2. The van der Waals surface area contributed by atoms with Crippen molar-refractivity contribution in [3.05, 3.63) is 188 Å². The first-order valence-electron chi connectivity index (χ1n) is 18.2. The van der Waals surface area contributed by atoms with E-state index in [1.807, 2.05) is 18.2 Å². The predicted molar refractivity (Wildman–Crippen MR) is 222 cm³/mol. The zero-order valence-electron chi connectivity index (χ0n) is 29.1. The van der Waals surface area contributed by atoms with E-state index in [4.69, 9.17) is 15.0 Å². The first-order valence-corrected chi connectivity index (χ1v) is 18.2. The molecule has 0 saturated carbocycles. The summed E-state index contributed by atoms with van der Waals surface area (Å²) < 4.78 is 4.60. The van der Waals surface area contributed by atoms with Gasteiger partial charge in [0.05, 0.1) is 22.1 Å². The summed E-state index contributed by atoms with van der Waals surface area (Å²) in [5.74, 6) is 1.85. The van der Waals surface area contributed by atoms with Gasteiger partial charge in [-0.25, -0.2) is 4.98 Å². The summed E-state index contributed by atoms with van der Waals surface area (Å²) in [6.07, 6.45) is 0. The van der Waals surface area contributed by atoms with E-state index in [9.17, 15) is 0 Å². The first kappa shape index (κ1) is 30.3. The third-order valence-electron chi connectivity index (χ3n) is 10.6. The molecule has 0 spiro atoms. The Morgan fingerprint density at radius 1 is 0.315 bits per heavy atom. The highest BCUT2D eigenvalue weighted by Gasteiger charge is 2.23. The lowest BCUT2D eigenvalue weighted by atomic mass is 10.0. The van der Waals surface area contributed by atoms with Gasteiger partial charge in [-0.1, -0.05) is 152 Å². The Bertz CT molecular complexity index is 3190. The molecule has 8 aromatic carbocycles. The predicted octanol–water partition coefficient (Wildman–Crippen LogP) is 12.2. The maximum absolute atomic E-state index is 5.29. The van der Waals surface area contributed by atoms with Crippen LogP contribution in [0, 0.1) is 0 Å². The second-order valence-corrected chi connectivity index (χ2v) is 13.6. The lowest BCUT2D eigenvalue weighted by Crippen LogP contribution is -2.06. The Balaban J connectivity index is 1.19. The van der Waals surface area contributed by atoms with Gasteiger partial charge in [0, 0.05) is 38.4 Å². The van der Waals surface area contributed by atoms with Gasteiger partial charge in [-0.3, -0.25) is 4.57 Å². The van der Waals surface area contributed by atoms with Crippen LogP contribution in [0.15, 0.2) is 188 Å². The Labute approximate surface area is 311 Å². The van der Waals surface area contributed by atoms with Crippen LogP contribution in [-0.4, -0.2) is 24.1 Å². The zero-order valence-corrected chi connectivity index (χ0v) is 29.1. The van der Waals surface area contributed by atoms with Crippen molar-refractivity contribution in [3.8, 4) is 45.5 Å². The molecule has 0 aliphatic carbocycles. The van der Waals surface area contributed by atoms with E-state index in [2.05, 4.69) is 179 Å². The molecule has 0 unspecified atom stereocenters. The smallest absolute Gasteiger partial charge is 0.238 e. The molecule has 252 valence electrons. The summed E-state index contributed by atoms with van der Waals surface area (Å²) in [5, 5.41) is 6.97. The van der Waals surface area contributed by atoms with Crippen LogP contribution < -0.4 is 0 Å². The summed E-state index contributed by atoms with van der Waals surface area (Å²) in [7, 11) is 0. The van der Waals surface area contributed by atoms with Gasteiger partial charge in [0.2, 0.25) is 5.95 Å². The zero-order chi connectivity index (χ0) is 35.6. The third-order valence-corrected chi connectivity index (χ3v) is 10.6. The molecule has 0 bridgehead atoms. The SMILES string of the molecule is c1ccc(-c2ccc(-n3c4ccccc4c4c5c6ccccc6n(-c6nc(-c7ccccc7)nc(-c7cccc8ccccc78)n6)c5ccc43)cc2)cc1. The van der Waals surface area contributed by atoms with Crippen molar-refractivity contribution in [1.29, 1.82) is 0 Å². The molecular weight excluding hydrogens is 659 g/mol. The molecule has 5 nitrogen and oxygen atoms in total. The van der Waals surface area contributed by atoms with Gasteiger partial charge >= 0.3 is 0 Å². The van der Waals surface area contributed by atoms with E-state index >= 15 is 0 Å². The van der Waals surface area contributed by atoms with Gasteiger partial charge in [0.1, 0.15) is 0 Å². The highest BCUT2D eigenvalue weighted by molar-refractivity contribution is 6.28. The highest BCUT2D eigenvalue weighted by Crippen LogP contribution is 2.42. The molecule has 0 aliphatic rings. The van der Waals surface area contributed by atoms with Gasteiger partial charge < -0.3 is 4.57 Å². The topological polar surface area (TPSA) is 48.5 Å². The Morgan fingerprint density at radius 2 is 0.833 bits per heavy atom. The van der Waals surface area contributed by atoms with Crippen molar-refractivity contribution in [3.63, 3.8) is 0 Å². The van der Waals surface area contributed by atoms with Crippen molar-refractivity contribution in [2.24, 2.45) is 0 Å². The molecular formula is C49H31N5. The van der Waals surface area contributed by atoms with Crippen LogP contribution in [0.25, 0.3) is 99.9 Å². The quantitative estimate of drug-likeness (QED) is 0.181. The summed E-state index contributed by atoms with van der Waals surface area (Å²) in [6, 6.07) is 66.1. The first-order chi connectivity index (χ1) is 26.8. The fourth-order valence-electron chi connectivity index (χ4n) is 8.17. The van der Waals surface area contributed by atoms with Crippen molar-refractivity contribution < 1.29 is 0 Å². The van der Waals surface area contributed by atoms with E-state index in [1.165, 1.54) is 27.3 Å². The summed E-state index contributed by atoms with van der Waals surface area (Å²) in [6.45, 7) is 0. The number of nitrogens with zero attached hydrogens (tertiary/aromatic N) is 5. The fourth-order valence-corrected chi connectivity index (χ4v) is 8.17. The largest absolute Gasteiger partial charge is 0.309 e. The number of hydrogen-bond acceptors (Lipinski definition) is 3. The number of rotatable bonds is 5. The van der Waals surface area contributed by atoms with E-state index in [1.54, 1.807) is 0 Å². The number of aromatic nitrogens is 5. The van der Waals surface area contributed by atoms with Gasteiger partial charge in [-0.2, -0.15) is 9.97 Å². The Hall–Kier alpha value is -7.37. The van der Waals surface area contributed by atoms with E-state index in [0.717, 1.165) is 55.0 Å². The average molecular weight is 690 g/mol. The van der Waals surface area contributed by atoms with E-state index < -0.39 is 0 Å². The van der Waals surface area contributed by atoms with Crippen LogP contribution in [0.1, 0.15) is 0 Å². The number of hydrogen-bond donors (Lipinski definition) is 0. The molecule has 0 N–H and O–H groups in total. The molecule has 0 radical (unpaired) electrons. The van der Waals surface area contributed by atoms with Crippen molar-refractivity contribution >= 4 is 54.4 Å². The number of fused-ring (bicyclic) bond motifs is 8. The second kappa shape index (κ2) is 12.1. The maximum atomic E-state index is 5.29. The van der Waals surface area contributed by atoms with Crippen molar-refractivity contribution in [1.82, 2.24) is 24.1 Å². The normalized spacial score (nSPS) is 11.7. The van der Waals surface area contributed by atoms with Gasteiger partial charge in [-0.05, 0) is 58.3 Å². The molecule has 11 rings (SSSR count). The number of benzene rings is 8. The van der Waals surface area contributed by atoms with Crippen LogP contribution >= 0.6 is 0 Å². The molecule has 3 aromatic heterocycles. The fraction of sp³-hybridized carbons (Fsp3) is 0. The van der Waals surface area contributed by atoms with E-state index in [-0.39, 0.29) is 0 Å². The molecule has 5 heteroatoms. The monoisotopic (exact) mass is 689 g/mol. The second-order valence-electron chi connectivity index (χ2n) is 13.6. The molecule has 3 heterocycles. The summed E-state index contributed by atoms with van der Waals surface area (Å²) >= 11 is 0. The maximum Gasteiger partial charge on any atom is 0.238 e. The van der Waals surface area contributed by atoms with Gasteiger partial charge in [-0.15, -0.1) is 0 Å². The Kier molecular flexibility index (Phi) is 6.79. The molecule has 0 fully saturated rings. The molecule has 0 atom stereocenters. The third kappa shape index (κ3) is 4.69. The molecule has 0 saturated heterocycles. The minimum atomic E-state index is 0.581. The van der Waals surface area contributed by atoms with Gasteiger partial charge in [0.25, 0.3) is 0 Å². The average Bonchev–Trinajstić information content (AvgIpc) is 3.77. The minimum Gasteiger partial charge on any atom is -0.309 e. The lowest BCUT2D eigenvalue weighted by Gasteiger charge is -2.12. The molecule has 54 heavy (non-hydrogen) atoms. The standard InChI is InChI=1S/C49H31N5/c1-3-14-32(15-4-1)33-26-28-36(29-27-33)53-41-24-11-9-21-39(41)45-43(53)30-31-44-46(45)40-22-10-12-25-42(40)54(44)49-51-47(35-17-5-2-6-18-35)50-48(52-49)38-23-13-19-34-16-7-8-20-37(34)38/h1-31H. The molecule has 0 aliphatic heterocycles.